The molecule has 1 aliphatic carbocycles. The number of likely N-dealkylation sites (N-methyl/N-ethyl adjacent to an activating group) is 1. The van der Waals surface area contributed by atoms with Crippen LogP contribution in [0.15, 0.2) is 18.2 Å². The molecule has 0 radical (unpaired) electrons. The molecule has 2 amide bonds. The van der Waals surface area contributed by atoms with E-state index in [9.17, 15) is 9.90 Å². The second kappa shape index (κ2) is 7.34. The number of aryl methyl sites for hydroxylation is 1. The van der Waals surface area contributed by atoms with Crippen molar-refractivity contribution in [3.63, 3.8) is 0 Å². The lowest BCUT2D eigenvalue weighted by Gasteiger charge is -2.35. The van der Waals surface area contributed by atoms with Gasteiger partial charge in [0.05, 0.1) is 18.2 Å². The third-order valence-corrected chi connectivity index (χ3v) is 5.51. The largest absolute Gasteiger partial charge is 0.388 e. The van der Waals surface area contributed by atoms with Gasteiger partial charge in [-0.3, -0.25) is 0 Å². The summed E-state index contributed by atoms with van der Waals surface area (Å²) in [6, 6.07) is 6.58. The third-order valence-electron chi connectivity index (χ3n) is 5.51. The van der Waals surface area contributed by atoms with Gasteiger partial charge >= 0.3 is 6.03 Å². The second-order valence-electron chi connectivity index (χ2n) is 7.85. The second-order valence-corrected chi connectivity index (χ2v) is 7.85. The molecular weight excluding hydrogens is 316 g/mol. The van der Waals surface area contributed by atoms with Crippen molar-refractivity contribution in [2.45, 2.75) is 57.1 Å². The maximum atomic E-state index is 12.6. The Morgan fingerprint density at radius 1 is 1.40 bits per heavy atom. The van der Waals surface area contributed by atoms with Crippen LogP contribution in [0.25, 0.3) is 0 Å². The van der Waals surface area contributed by atoms with Crippen LogP contribution in [0.5, 0.6) is 0 Å². The van der Waals surface area contributed by atoms with Crippen LogP contribution in [0, 0.1) is 0 Å². The number of benzene rings is 1. The Bertz CT molecular complexity index is 623. The molecule has 1 aromatic carbocycles. The highest BCUT2D eigenvalue weighted by Crippen LogP contribution is 2.33. The number of nitrogens with zero attached hydrogens (tertiary/aromatic N) is 1. The molecule has 2 aliphatic rings. The van der Waals surface area contributed by atoms with Crippen LogP contribution in [0.4, 0.5) is 4.79 Å². The lowest BCUT2D eigenvalue weighted by molar-refractivity contribution is -0.0723. The average molecular weight is 346 g/mol. The normalized spacial score (nSPS) is 21.9. The topological polar surface area (TPSA) is 61.8 Å². The molecule has 1 fully saturated rings. The first-order valence-corrected chi connectivity index (χ1v) is 9.32. The first kappa shape index (κ1) is 18.2. The number of fused-ring (bicyclic) bond motifs is 1. The Labute approximate surface area is 150 Å². The number of amides is 2. The van der Waals surface area contributed by atoms with Gasteiger partial charge in [-0.2, -0.15) is 0 Å². The van der Waals surface area contributed by atoms with Crippen molar-refractivity contribution in [3.8, 4) is 0 Å². The van der Waals surface area contributed by atoms with Crippen LogP contribution >= 0.6 is 0 Å². The minimum absolute atomic E-state index is 0.0629. The van der Waals surface area contributed by atoms with Crippen molar-refractivity contribution in [2.75, 3.05) is 26.8 Å². The Balaban J connectivity index is 1.63. The molecule has 1 aromatic rings. The van der Waals surface area contributed by atoms with E-state index in [0.717, 1.165) is 12.8 Å². The predicted octanol–water partition coefficient (Wildman–Crippen LogP) is 2.98. The molecule has 0 aromatic heterocycles. The van der Waals surface area contributed by atoms with E-state index in [4.69, 9.17) is 4.74 Å². The van der Waals surface area contributed by atoms with Gasteiger partial charge < -0.3 is 20.1 Å². The monoisotopic (exact) mass is 346 g/mol. The van der Waals surface area contributed by atoms with Crippen LogP contribution in [0.3, 0.4) is 0 Å². The van der Waals surface area contributed by atoms with Crippen LogP contribution in [-0.4, -0.2) is 48.4 Å². The van der Waals surface area contributed by atoms with Gasteiger partial charge in [-0.25, -0.2) is 4.79 Å². The number of carbonyl (C=O) groups excluding carboxylic acids is 1. The lowest BCUT2D eigenvalue weighted by Crippen LogP contribution is -2.50. The Morgan fingerprint density at radius 2 is 2.12 bits per heavy atom. The number of ether oxygens (including phenoxy) is 1. The van der Waals surface area contributed by atoms with E-state index in [1.54, 1.807) is 11.9 Å². The van der Waals surface area contributed by atoms with Gasteiger partial charge in [0, 0.05) is 33.1 Å². The summed E-state index contributed by atoms with van der Waals surface area (Å²) in [6.45, 7) is 5.83. The summed E-state index contributed by atoms with van der Waals surface area (Å²) in [5.41, 5.74) is 3.06. The first-order chi connectivity index (χ1) is 11.9. The van der Waals surface area contributed by atoms with Gasteiger partial charge in [0.1, 0.15) is 0 Å². The summed E-state index contributed by atoms with van der Waals surface area (Å²) in [7, 11) is 1.75. The Hall–Kier alpha value is -1.59. The molecule has 0 spiro atoms. The number of aliphatic hydroxyl groups is 1. The fourth-order valence-electron chi connectivity index (χ4n) is 3.81. The van der Waals surface area contributed by atoms with Crippen LogP contribution in [0.1, 0.15) is 61.8 Å². The number of carbonyl (C=O) groups is 1. The quantitative estimate of drug-likeness (QED) is 0.881. The van der Waals surface area contributed by atoms with Crippen LogP contribution in [0.2, 0.25) is 0 Å². The molecule has 2 N–H and O–H groups in total. The van der Waals surface area contributed by atoms with E-state index in [0.29, 0.717) is 38.5 Å². The van der Waals surface area contributed by atoms with Gasteiger partial charge in [0.15, 0.2) is 0 Å². The summed E-state index contributed by atoms with van der Waals surface area (Å²) in [5, 5.41) is 13.8. The molecule has 1 heterocycles. The molecule has 1 unspecified atom stereocenters. The van der Waals surface area contributed by atoms with Gasteiger partial charge in [-0.1, -0.05) is 32.0 Å². The fourth-order valence-corrected chi connectivity index (χ4v) is 3.81. The zero-order valence-corrected chi connectivity index (χ0v) is 15.5. The standard InChI is InChI=1S/C20H30N2O3/c1-14(2)16-5-4-15-6-7-18(17(15)12-16)21-19(23)22(3)13-20(24)8-10-25-11-9-20/h4-5,12,14,18,24H,6-11,13H2,1-3H3,(H,21,23). The highest BCUT2D eigenvalue weighted by atomic mass is 16.5. The molecule has 1 saturated heterocycles. The van der Waals surface area contributed by atoms with Gasteiger partial charge in [0.2, 0.25) is 0 Å². The van der Waals surface area contributed by atoms with Crippen molar-refractivity contribution in [1.82, 2.24) is 10.2 Å². The van der Waals surface area contributed by atoms with E-state index < -0.39 is 5.60 Å². The summed E-state index contributed by atoms with van der Waals surface area (Å²) < 4.78 is 5.31. The zero-order chi connectivity index (χ0) is 18.0. The minimum Gasteiger partial charge on any atom is -0.388 e. The maximum absolute atomic E-state index is 12.6. The molecule has 5 heteroatoms. The van der Waals surface area contributed by atoms with Gasteiger partial charge in [0.25, 0.3) is 0 Å². The van der Waals surface area contributed by atoms with E-state index in [1.807, 2.05) is 0 Å². The molecule has 1 aliphatic heterocycles. The van der Waals surface area contributed by atoms with Crippen molar-refractivity contribution in [2.24, 2.45) is 0 Å². The van der Waals surface area contributed by atoms with E-state index >= 15 is 0 Å². The van der Waals surface area contributed by atoms with Crippen LogP contribution < -0.4 is 5.32 Å². The molecule has 0 bridgehead atoms. The lowest BCUT2D eigenvalue weighted by atomic mass is 9.94. The van der Waals surface area contributed by atoms with Gasteiger partial charge in [-0.05, 0) is 35.4 Å². The zero-order valence-electron chi connectivity index (χ0n) is 15.5. The van der Waals surface area contributed by atoms with E-state index in [-0.39, 0.29) is 12.1 Å². The number of hydrogen-bond donors (Lipinski definition) is 2. The summed E-state index contributed by atoms with van der Waals surface area (Å²) in [6.07, 6.45) is 3.10. The minimum atomic E-state index is -0.831. The predicted molar refractivity (Wildman–Crippen MR) is 97.8 cm³/mol. The molecule has 3 rings (SSSR count). The number of hydrogen-bond acceptors (Lipinski definition) is 3. The summed E-state index contributed by atoms with van der Waals surface area (Å²) >= 11 is 0. The smallest absolute Gasteiger partial charge is 0.317 e. The highest BCUT2D eigenvalue weighted by Gasteiger charge is 2.33. The molecular formula is C20H30N2O3. The van der Waals surface area contributed by atoms with Crippen molar-refractivity contribution < 1.29 is 14.6 Å². The fraction of sp³-hybridized carbons (Fsp3) is 0.650. The Kier molecular flexibility index (Phi) is 5.35. The van der Waals surface area contributed by atoms with Crippen molar-refractivity contribution in [1.29, 1.82) is 0 Å². The summed E-state index contributed by atoms with van der Waals surface area (Å²) in [5.74, 6) is 0.479. The molecule has 138 valence electrons. The summed E-state index contributed by atoms with van der Waals surface area (Å²) in [4.78, 5) is 14.2. The van der Waals surface area contributed by atoms with Gasteiger partial charge in [-0.15, -0.1) is 0 Å². The highest BCUT2D eigenvalue weighted by molar-refractivity contribution is 5.74. The molecule has 25 heavy (non-hydrogen) atoms. The number of nitrogens with one attached hydrogen (secondary N) is 1. The van der Waals surface area contributed by atoms with E-state index in [1.165, 1.54) is 16.7 Å². The number of urea groups is 1. The molecule has 1 atom stereocenters. The first-order valence-electron chi connectivity index (χ1n) is 9.32. The van der Waals surface area contributed by atoms with Crippen molar-refractivity contribution >= 4 is 6.03 Å². The SMILES string of the molecule is CC(C)c1ccc2c(c1)C(NC(=O)N(C)CC1(O)CCOCC1)CC2. The average Bonchev–Trinajstić information content (AvgIpc) is 2.97. The van der Waals surface area contributed by atoms with E-state index in [2.05, 4.69) is 37.4 Å². The maximum Gasteiger partial charge on any atom is 0.317 e. The molecule has 5 nitrogen and oxygen atoms in total. The third kappa shape index (κ3) is 4.15. The van der Waals surface area contributed by atoms with Crippen LogP contribution in [-0.2, 0) is 11.2 Å². The molecule has 0 saturated carbocycles. The Morgan fingerprint density at radius 3 is 2.80 bits per heavy atom. The number of rotatable bonds is 4. The van der Waals surface area contributed by atoms with Crippen molar-refractivity contribution in [3.05, 3.63) is 34.9 Å².